The number of rotatable bonds is 8. The lowest BCUT2D eigenvalue weighted by Crippen LogP contribution is -2.39. The Morgan fingerprint density at radius 2 is 1.77 bits per heavy atom. The van der Waals surface area contributed by atoms with Crippen molar-refractivity contribution in [2.45, 2.75) is 26.0 Å². The molecule has 30 heavy (non-hydrogen) atoms. The molecule has 2 fully saturated rings. The molecular formula is C23H30N4O3. The van der Waals surface area contributed by atoms with Crippen molar-refractivity contribution >= 4 is 17.8 Å². The average molecular weight is 411 g/mol. The molecule has 0 spiro atoms. The zero-order chi connectivity index (χ0) is 21.1. The highest BCUT2D eigenvalue weighted by molar-refractivity contribution is 6.06. The van der Waals surface area contributed by atoms with Crippen LogP contribution in [0.15, 0.2) is 41.4 Å². The Morgan fingerprint density at radius 3 is 2.40 bits per heavy atom. The third-order valence-corrected chi connectivity index (χ3v) is 6.50. The van der Waals surface area contributed by atoms with E-state index in [0.717, 1.165) is 17.5 Å². The molecular weight excluding hydrogens is 380 g/mol. The minimum Gasteiger partial charge on any atom is -0.380 e. The molecule has 4 unspecified atom stereocenters. The first kappa shape index (κ1) is 20.6. The van der Waals surface area contributed by atoms with E-state index in [1.165, 1.54) is 4.90 Å². The van der Waals surface area contributed by atoms with Gasteiger partial charge in [-0.25, -0.2) is 0 Å². The number of nitrogens with zero attached hydrogens (tertiary/aromatic N) is 2. The quantitative estimate of drug-likeness (QED) is 0.224. The number of methoxy groups -OCH3 is 1. The zero-order valence-corrected chi connectivity index (χ0v) is 17.6. The minimum absolute atomic E-state index is 0.0270. The molecule has 1 saturated heterocycles. The number of ether oxygens (including phenoxy) is 1. The fraction of sp³-hybridized carbons (Fsp3) is 0.522. The molecule has 2 amide bonds. The Bertz CT molecular complexity index is 836. The van der Waals surface area contributed by atoms with E-state index >= 15 is 0 Å². The Kier molecular flexibility index (Phi) is 6.18. The SMILES string of the molecule is CN=C(NCCCN1C(=O)C2C3C=CC(C3)C2C1=O)NCc1ccccc1COC. The Labute approximate surface area is 177 Å². The third kappa shape index (κ3) is 3.86. The van der Waals surface area contributed by atoms with Crippen LogP contribution in [0.5, 0.6) is 0 Å². The fourth-order valence-corrected chi connectivity index (χ4v) is 5.05. The van der Waals surface area contributed by atoms with Gasteiger partial charge in [0.1, 0.15) is 0 Å². The Morgan fingerprint density at radius 1 is 1.10 bits per heavy atom. The largest absolute Gasteiger partial charge is 0.380 e. The Balaban J connectivity index is 1.23. The van der Waals surface area contributed by atoms with Crippen LogP contribution in [-0.2, 0) is 27.5 Å². The third-order valence-electron chi connectivity index (χ3n) is 6.50. The minimum atomic E-state index is -0.109. The van der Waals surface area contributed by atoms with Crippen molar-refractivity contribution in [2.75, 3.05) is 27.2 Å². The van der Waals surface area contributed by atoms with Crippen molar-refractivity contribution in [3.05, 3.63) is 47.5 Å². The van der Waals surface area contributed by atoms with E-state index in [1.54, 1.807) is 14.2 Å². The number of imide groups is 1. The van der Waals surface area contributed by atoms with Gasteiger partial charge in [0.05, 0.1) is 18.4 Å². The molecule has 1 heterocycles. The average Bonchev–Trinajstić information content (AvgIpc) is 3.44. The number of benzene rings is 1. The van der Waals surface area contributed by atoms with E-state index in [-0.39, 0.29) is 35.5 Å². The monoisotopic (exact) mass is 410 g/mol. The van der Waals surface area contributed by atoms with Gasteiger partial charge in [-0.2, -0.15) is 0 Å². The van der Waals surface area contributed by atoms with Gasteiger partial charge in [-0.1, -0.05) is 36.4 Å². The van der Waals surface area contributed by atoms with Crippen molar-refractivity contribution in [1.29, 1.82) is 0 Å². The van der Waals surface area contributed by atoms with Crippen LogP contribution < -0.4 is 10.6 Å². The van der Waals surface area contributed by atoms with Gasteiger partial charge in [0, 0.05) is 33.8 Å². The first-order valence-corrected chi connectivity index (χ1v) is 10.7. The van der Waals surface area contributed by atoms with Crippen molar-refractivity contribution in [3.8, 4) is 0 Å². The summed E-state index contributed by atoms with van der Waals surface area (Å²) in [6.45, 7) is 2.31. The molecule has 2 bridgehead atoms. The molecule has 1 aromatic rings. The molecule has 0 aromatic heterocycles. The van der Waals surface area contributed by atoms with Crippen LogP contribution in [0.2, 0.25) is 0 Å². The maximum Gasteiger partial charge on any atom is 0.233 e. The second-order valence-corrected chi connectivity index (χ2v) is 8.24. The van der Waals surface area contributed by atoms with Crippen LogP contribution in [0.25, 0.3) is 0 Å². The van der Waals surface area contributed by atoms with Gasteiger partial charge in [0.2, 0.25) is 11.8 Å². The van der Waals surface area contributed by atoms with Crippen LogP contribution >= 0.6 is 0 Å². The summed E-state index contributed by atoms with van der Waals surface area (Å²) in [4.78, 5) is 31.2. The number of allylic oxidation sites excluding steroid dienone is 2. The highest BCUT2D eigenvalue weighted by atomic mass is 16.5. The second kappa shape index (κ2) is 9.00. The number of guanidine groups is 1. The predicted molar refractivity (Wildman–Crippen MR) is 114 cm³/mol. The fourth-order valence-electron chi connectivity index (χ4n) is 5.05. The summed E-state index contributed by atoms with van der Waals surface area (Å²) in [6.07, 6.45) is 5.92. The molecule has 1 saturated carbocycles. The number of carbonyl (C=O) groups is 2. The van der Waals surface area contributed by atoms with Crippen molar-refractivity contribution in [3.63, 3.8) is 0 Å². The molecule has 7 heteroatoms. The summed E-state index contributed by atoms with van der Waals surface area (Å²) < 4.78 is 5.25. The summed E-state index contributed by atoms with van der Waals surface area (Å²) in [5.41, 5.74) is 2.30. The number of likely N-dealkylation sites (tertiary alicyclic amines) is 1. The normalized spacial score (nSPS) is 27.1. The molecule has 1 aliphatic heterocycles. The van der Waals surface area contributed by atoms with E-state index in [1.807, 2.05) is 12.1 Å². The van der Waals surface area contributed by atoms with E-state index < -0.39 is 0 Å². The molecule has 7 nitrogen and oxygen atoms in total. The summed E-state index contributed by atoms with van der Waals surface area (Å²) in [5, 5.41) is 6.58. The maximum absolute atomic E-state index is 12.7. The summed E-state index contributed by atoms with van der Waals surface area (Å²) in [7, 11) is 3.42. The summed E-state index contributed by atoms with van der Waals surface area (Å²) in [6, 6.07) is 8.13. The van der Waals surface area contributed by atoms with Gasteiger partial charge in [0.25, 0.3) is 0 Å². The van der Waals surface area contributed by atoms with E-state index in [4.69, 9.17) is 4.74 Å². The van der Waals surface area contributed by atoms with Gasteiger partial charge in [-0.3, -0.25) is 19.5 Å². The lowest BCUT2D eigenvalue weighted by molar-refractivity contribution is -0.140. The number of nitrogens with one attached hydrogen (secondary N) is 2. The molecule has 0 radical (unpaired) electrons. The predicted octanol–water partition coefficient (Wildman–Crippen LogP) is 1.70. The smallest absolute Gasteiger partial charge is 0.233 e. The van der Waals surface area contributed by atoms with Crippen molar-refractivity contribution in [2.24, 2.45) is 28.7 Å². The highest BCUT2D eigenvalue weighted by Gasteiger charge is 2.58. The lowest BCUT2D eigenvalue weighted by Gasteiger charge is -2.18. The highest BCUT2D eigenvalue weighted by Crippen LogP contribution is 2.52. The number of amides is 2. The molecule has 1 aromatic carbocycles. The van der Waals surface area contributed by atoms with Crippen molar-refractivity contribution < 1.29 is 14.3 Å². The van der Waals surface area contributed by atoms with Crippen LogP contribution in [-0.4, -0.2) is 49.9 Å². The standard InChI is InChI=1S/C23H30N4O3/c1-24-23(26-13-17-6-3-4-7-18(17)14-30-2)25-10-5-11-27-21(28)19-15-8-9-16(12-15)20(19)22(27)29/h3-4,6-9,15-16,19-20H,5,10-14H2,1-2H3,(H2,24,25,26). The molecule has 4 atom stereocenters. The van der Waals surface area contributed by atoms with Gasteiger partial charge in [0.15, 0.2) is 5.96 Å². The van der Waals surface area contributed by atoms with E-state index in [9.17, 15) is 9.59 Å². The first-order valence-electron chi connectivity index (χ1n) is 10.7. The van der Waals surface area contributed by atoms with Crippen LogP contribution in [0, 0.1) is 23.7 Å². The van der Waals surface area contributed by atoms with Crippen LogP contribution in [0.3, 0.4) is 0 Å². The van der Waals surface area contributed by atoms with Crippen LogP contribution in [0.4, 0.5) is 0 Å². The number of carbonyl (C=O) groups excluding carboxylic acids is 2. The van der Waals surface area contributed by atoms with Crippen LogP contribution in [0.1, 0.15) is 24.0 Å². The lowest BCUT2D eigenvalue weighted by atomic mass is 9.85. The number of fused-ring (bicyclic) bond motifs is 5. The first-order chi connectivity index (χ1) is 14.6. The van der Waals surface area contributed by atoms with Gasteiger partial charge >= 0.3 is 0 Å². The summed E-state index contributed by atoms with van der Waals surface area (Å²) in [5.74, 6) is 1.06. The van der Waals surface area contributed by atoms with Gasteiger partial charge < -0.3 is 15.4 Å². The molecule has 2 N–H and O–H groups in total. The van der Waals surface area contributed by atoms with E-state index in [0.29, 0.717) is 38.6 Å². The number of aliphatic imine (C=N–C) groups is 1. The molecule has 2 aliphatic carbocycles. The van der Waals surface area contributed by atoms with Crippen molar-refractivity contribution in [1.82, 2.24) is 15.5 Å². The topological polar surface area (TPSA) is 83.0 Å². The molecule has 3 aliphatic rings. The molecule has 160 valence electrons. The summed E-state index contributed by atoms with van der Waals surface area (Å²) >= 11 is 0. The van der Waals surface area contributed by atoms with E-state index in [2.05, 4.69) is 39.9 Å². The molecule has 4 rings (SSSR count). The number of hydrogen-bond acceptors (Lipinski definition) is 4. The second-order valence-electron chi connectivity index (χ2n) is 8.24. The Hall–Kier alpha value is -2.67. The van der Waals surface area contributed by atoms with Gasteiger partial charge in [-0.15, -0.1) is 0 Å². The maximum atomic E-state index is 12.7. The van der Waals surface area contributed by atoms with Gasteiger partial charge in [-0.05, 0) is 35.8 Å². The number of hydrogen-bond donors (Lipinski definition) is 2. The zero-order valence-electron chi connectivity index (χ0n) is 17.6.